The number of aromatic hydroxyl groups is 1. The van der Waals surface area contributed by atoms with Gasteiger partial charge in [0.25, 0.3) is 0 Å². The third kappa shape index (κ3) is 2.87. The maximum atomic E-state index is 12.3. The van der Waals surface area contributed by atoms with E-state index in [2.05, 4.69) is 19.9 Å². The molecule has 0 radical (unpaired) electrons. The average Bonchev–Trinajstić information content (AvgIpc) is 2.55. The zero-order valence-electron chi connectivity index (χ0n) is 13.4. The maximum Gasteiger partial charge on any atom is 0.344 e. The summed E-state index contributed by atoms with van der Waals surface area (Å²) in [7, 11) is 0. The molecule has 0 fully saturated rings. The predicted octanol–water partition coefficient (Wildman–Crippen LogP) is 4.68. The van der Waals surface area contributed by atoms with Crippen LogP contribution in [-0.4, -0.2) is 5.11 Å². The van der Waals surface area contributed by atoms with Crippen molar-refractivity contribution in [1.29, 1.82) is 0 Å². The van der Waals surface area contributed by atoms with Crippen LogP contribution in [-0.2, 0) is 12.8 Å². The van der Waals surface area contributed by atoms with E-state index in [-0.39, 0.29) is 5.75 Å². The molecule has 0 saturated carbocycles. The van der Waals surface area contributed by atoms with Gasteiger partial charge in [0, 0.05) is 5.56 Å². The third-order valence-corrected chi connectivity index (χ3v) is 4.16. The van der Waals surface area contributed by atoms with Gasteiger partial charge in [-0.2, -0.15) is 0 Å². The Hall–Kier alpha value is -2.55. The molecular formula is C20H20O3. The van der Waals surface area contributed by atoms with Crippen molar-refractivity contribution in [2.45, 2.75) is 33.1 Å². The number of phenols is 1. The van der Waals surface area contributed by atoms with Crippen molar-refractivity contribution < 1.29 is 9.52 Å². The SMILES string of the molecule is CCCc1cccc(-c2cc3ccc(O)cc3c(=O)o2)c1CC. The molecule has 3 heteroatoms. The summed E-state index contributed by atoms with van der Waals surface area (Å²) in [5.41, 5.74) is 3.10. The van der Waals surface area contributed by atoms with E-state index in [1.54, 1.807) is 12.1 Å². The van der Waals surface area contributed by atoms with E-state index in [1.165, 1.54) is 17.2 Å². The number of aryl methyl sites for hydroxylation is 1. The van der Waals surface area contributed by atoms with Crippen LogP contribution in [0.3, 0.4) is 0 Å². The molecule has 0 aliphatic carbocycles. The predicted molar refractivity (Wildman–Crippen MR) is 93.0 cm³/mol. The Kier molecular flexibility index (Phi) is 4.20. The van der Waals surface area contributed by atoms with Crippen molar-refractivity contribution in [3.05, 3.63) is 64.0 Å². The molecule has 0 aliphatic heterocycles. The fraction of sp³-hybridized carbons (Fsp3) is 0.250. The molecule has 1 N–H and O–H groups in total. The van der Waals surface area contributed by atoms with Gasteiger partial charge in [-0.1, -0.05) is 44.5 Å². The Morgan fingerprint density at radius 1 is 1.09 bits per heavy atom. The van der Waals surface area contributed by atoms with Crippen LogP contribution in [0.2, 0.25) is 0 Å². The lowest BCUT2D eigenvalue weighted by atomic mass is 9.94. The van der Waals surface area contributed by atoms with Crippen molar-refractivity contribution in [1.82, 2.24) is 0 Å². The van der Waals surface area contributed by atoms with Gasteiger partial charge in [-0.15, -0.1) is 0 Å². The van der Waals surface area contributed by atoms with E-state index in [0.29, 0.717) is 11.1 Å². The summed E-state index contributed by atoms with van der Waals surface area (Å²) in [6.07, 6.45) is 2.99. The molecule has 1 aromatic heterocycles. The van der Waals surface area contributed by atoms with Crippen molar-refractivity contribution in [3.63, 3.8) is 0 Å². The summed E-state index contributed by atoms with van der Waals surface area (Å²) < 4.78 is 5.54. The van der Waals surface area contributed by atoms with Gasteiger partial charge in [0.05, 0.1) is 5.39 Å². The van der Waals surface area contributed by atoms with Crippen LogP contribution < -0.4 is 5.63 Å². The Labute approximate surface area is 135 Å². The van der Waals surface area contributed by atoms with Gasteiger partial charge in [0.2, 0.25) is 0 Å². The zero-order valence-corrected chi connectivity index (χ0v) is 13.4. The minimum absolute atomic E-state index is 0.0664. The van der Waals surface area contributed by atoms with E-state index >= 15 is 0 Å². The molecule has 0 aliphatic rings. The summed E-state index contributed by atoms with van der Waals surface area (Å²) in [5, 5.41) is 10.7. The van der Waals surface area contributed by atoms with Crippen LogP contribution in [0.1, 0.15) is 31.4 Å². The van der Waals surface area contributed by atoms with Crippen molar-refractivity contribution >= 4 is 10.8 Å². The molecule has 0 saturated heterocycles. The third-order valence-electron chi connectivity index (χ3n) is 4.16. The summed E-state index contributed by atoms with van der Waals surface area (Å²) in [5.74, 6) is 0.653. The van der Waals surface area contributed by atoms with Crippen molar-refractivity contribution in [2.24, 2.45) is 0 Å². The second kappa shape index (κ2) is 6.29. The van der Waals surface area contributed by atoms with Crippen LogP contribution in [0, 0.1) is 0 Å². The summed E-state index contributed by atoms with van der Waals surface area (Å²) >= 11 is 0. The lowest BCUT2D eigenvalue weighted by molar-refractivity contribution is 0.475. The highest BCUT2D eigenvalue weighted by atomic mass is 16.4. The number of fused-ring (bicyclic) bond motifs is 1. The molecule has 0 atom stereocenters. The molecule has 0 bridgehead atoms. The summed E-state index contributed by atoms with van der Waals surface area (Å²) in [6.45, 7) is 4.28. The lowest BCUT2D eigenvalue weighted by Crippen LogP contribution is -2.02. The normalized spacial score (nSPS) is 11.0. The number of hydrogen-bond donors (Lipinski definition) is 1. The van der Waals surface area contributed by atoms with Crippen LogP contribution in [0.4, 0.5) is 0 Å². The van der Waals surface area contributed by atoms with Crippen molar-refractivity contribution in [3.8, 4) is 17.1 Å². The second-order valence-corrected chi connectivity index (χ2v) is 5.72. The topological polar surface area (TPSA) is 50.4 Å². The maximum absolute atomic E-state index is 12.3. The minimum Gasteiger partial charge on any atom is -0.508 e. The first kappa shape index (κ1) is 15.3. The number of phenolic OH excluding ortho intramolecular Hbond substituents is 1. The van der Waals surface area contributed by atoms with Gasteiger partial charge in [0.1, 0.15) is 11.5 Å². The number of hydrogen-bond acceptors (Lipinski definition) is 3. The fourth-order valence-corrected chi connectivity index (χ4v) is 3.09. The van der Waals surface area contributed by atoms with Gasteiger partial charge in [0.15, 0.2) is 0 Å². The standard InChI is InChI=1S/C20H20O3/c1-3-6-13-7-5-8-17(16(13)4-2)19-11-14-9-10-15(21)12-18(14)20(22)23-19/h5,7-12,21H,3-4,6H2,1-2H3. The Morgan fingerprint density at radius 3 is 2.65 bits per heavy atom. The first-order valence-electron chi connectivity index (χ1n) is 8.02. The van der Waals surface area contributed by atoms with Gasteiger partial charge in [-0.05, 0) is 47.6 Å². The average molecular weight is 308 g/mol. The van der Waals surface area contributed by atoms with Gasteiger partial charge in [-0.3, -0.25) is 0 Å². The molecule has 0 amide bonds. The van der Waals surface area contributed by atoms with E-state index in [4.69, 9.17) is 4.42 Å². The summed E-state index contributed by atoms with van der Waals surface area (Å²) in [4.78, 5) is 12.3. The number of rotatable bonds is 4. The Balaban J connectivity index is 2.23. The quantitative estimate of drug-likeness (QED) is 0.761. The Bertz CT molecular complexity index is 906. The summed E-state index contributed by atoms with van der Waals surface area (Å²) in [6, 6.07) is 12.8. The van der Waals surface area contributed by atoms with Gasteiger partial charge >= 0.3 is 5.63 Å². The first-order valence-corrected chi connectivity index (χ1v) is 8.02. The second-order valence-electron chi connectivity index (χ2n) is 5.72. The highest BCUT2D eigenvalue weighted by Gasteiger charge is 2.13. The van der Waals surface area contributed by atoms with Gasteiger partial charge in [-0.25, -0.2) is 4.79 Å². The monoisotopic (exact) mass is 308 g/mol. The van der Waals surface area contributed by atoms with Gasteiger partial charge < -0.3 is 9.52 Å². The molecular weight excluding hydrogens is 288 g/mol. The molecule has 3 rings (SSSR count). The van der Waals surface area contributed by atoms with E-state index in [1.807, 2.05) is 18.2 Å². The molecule has 3 aromatic rings. The highest BCUT2D eigenvalue weighted by molar-refractivity contribution is 5.85. The molecule has 3 nitrogen and oxygen atoms in total. The van der Waals surface area contributed by atoms with E-state index in [9.17, 15) is 9.90 Å². The lowest BCUT2D eigenvalue weighted by Gasteiger charge is -2.13. The van der Waals surface area contributed by atoms with E-state index < -0.39 is 5.63 Å². The van der Waals surface area contributed by atoms with Crippen LogP contribution >= 0.6 is 0 Å². The smallest absolute Gasteiger partial charge is 0.344 e. The first-order chi connectivity index (χ1) is 11.1. The van der Waals surface area contributed by atoms with Crippen molar-refractivity contribution in [2.75, 3.05) is 0 Å². The highest BCUT2D eigenvalue weighted by Crippen LogP contribution is 2.29. The molecule has 1 heterocycles. The zero-order chi connectivity index (χ0) is 16.4. The largest absolute Gasteiger partial charge is 0.508 e. The molecule has 0 unspecified atom stereocenters. The van der Waals surface area contributed by atoms with E-state index in [0.717, 1.165) is 30.2 Å². The van der Waals surface area contributed by atoms with Crippen LogP contribution in [0.5, 0.6) is 5.75 Å². The van der Waals surface area contributed by atoms with Crippen LogP contribution in [0.15, 0.2) is 51.7 Å². The molecule has 2 aromatic carbocycles. The molecule has 23 heavy (non-hydrogen) atoms. The molecule has 118 valence electrons. The number of benzene rings is 2. The van der Waals surface area contributed by atoms with Crippen LogP contribution in [0.25, 0.3) is 22.1 Å². The minimum atomic E-state index is -0.420. The fourth-order valence-electron chi connectivity index (χ4n) is 3.09. The Morgan fingerprint density at radius 2 is 1.91 bits per heavy atom. The molecule has 0 spiro atoms.